The Morgan fingerprint density at radius 2 is 1.68 bits per heavy atom. The highest BCUT2D eigenvalue weighted by Crippen LogP contribution is 2.35. The highest BCUT2D eigenvalue weighted by atomic mass is 32.2. The minimum atomic E-state index is -1.22. The summed E-state index contributed by atoms with van der Waals surface area (Å²) in [6.07, 6.45) is 0.774. The Hall–Kier alpha value is -1.68. The number of rotatable bonds is 12. The van der Waals surface area contributed by atoms with Crippen LogP contribution in [0.4, 0.5) is 0 Å². The Kier molecular flexibility index (Phi) is 9.69. The molecule has 2 aromatic carbocycles. The molecule has 4 nitrogen and oxygen atoms in total. The molecule has 0 fully saturated rings. The van der Waals surface area contributed by atoms with Crippen LogP contribution in [-0.4, -0.2) is 36.7 Å². The maximum atomic E-state index is 13.0. The van der Waals surface area contributed by atoms with Crippen molar-refractivity contribution in [3.63, 3.8) is 0 Å². The van der Waals surface area contributed by atoms with Gasteiger partial charge < -0.3 is 9.47 Å². The predicted molar refractivity (Wildman–Crippen MR) is 116 cm³/mol. The summed E-state index contributed by atoms with van der Waals surface area (Å²) >= 11 is 1.68. The number of esters is 1. The normalized spacial score (nSPS) is 14.4. The number of ether oxygens (including phenoxy) is 2. The topological polar surface area (TPSA) is 52.6 Å². The van der Waals surface area contributed by atoms with E-state index in [-0.39, 0.29) is 18.7 Å². The van der Waals surface area contributed by atoms with Crippen molar-refractivity contribution in [2.45, 2.75) is 30.8 Å². The first kappa shape index (κ1) is 22.6. The molecule has 0 saturated heterocycles. The van der Waals surface area contributed by atoms with Gasteiger partial charge in [0.25, 0.3) is 0 Å². The fourth-order valence-corrected chi connectivity index (χ4v) is 5.08. The first-order chi connectivity index (χ1) is 13.7. The van der Waals surface area contributed by atoms with Crippen molar-refractivity contribution >= 4 is 26.2 Å². The zero-order valence-electron chi connectivity index (χ0n) is 16.4. The van der Waals surface area contributed by atoms with E-state index in [2.05, 4.69) is 0 Å². The van der Waals surface area contributed by atoms with Gasteiger partial charge in [0.1, 0.15) is 0 Å². The molecule has 0 heterocycles. The summed E-state index contributed by atoms with van der Waals surface area (Å²) in [5.41, 5.74) is -0.105. The molecule has 150 valence electrons. The molecule has 2 aromatic rings. The lowest BCUT2D eigenvalue weighted by atomic mass is 9.84. The molecule has 0 N–H and O–H groups in total. The first-order valence-electron chi connectivity index (χ1n) is 9.54. The van der Waals surface area contributed by atoms with Crippen LogP contribution in [0, 0.1) is 5.92 Å². The van der Waals surface area contributed by atoms with Gasteiger partial charge in [0.15, 0.2) is 6.16 Å². The molecule has 0 radical (unpaired) electrons. The highest BCUT2D eigenvalue weighted by Gasteiger charge is 2.51. The number of hydrogen-bond acceptors (Lipinski definition) is 5. The Bertz CT molecular complexity index is 726. The molecular weight excluding hydrogens is 391 g/mol. The second-order valence-corrected chi connectivity index (χ2v) is 8.11. The zero-order chi connectivity index (χ0) is 20.2. The van der Waals surface area contributed by atoms with Gasteiger partial charge >= 0.3 is 14.4 Å². The summed E-state index contributed by atoms with van der Waals surface area (Å²) in [4.78, 5) is 14.1. The summed E-state index contributed by atoms with van der Waals surface area (Å²) in [5, 5.41) is 0. The summed E-state index contributed by atoms with van der Waals surface area (Å²) in [5.74, 6) is 0.0534. The quantitative estimate of drug-likeness (QED) is 0.275. The van der Waals surface area contributed by atoms with Gasteiger partial charge in [-0.05, 0) is 38.0 Å². The third-order valence-electron chi connectivity index (χ3n) is 4.54. The number of thioether (sulfide) groups is 1. The Morgan fingerprint density at radius 1 is 1.04 bits per heavy atom. The predicted octanol–water partition coefficient (Wildman–Crippen LogP) is 5.00. The van der Waals surface area contributed by atoms with Gasteiger partial charge in [0.05, 0.1) is 6.61 Å². The van der Waals surface area contributed by atoms with Crippen molar-refractivity contribution in [2.75, 3.05) is 25.1 Å². The van der Waals surface area contributed by atoms with Crippen molar-refractivity contribution in [3.8, 4) is 0 Å². The molecule has 6 heteroatoms. The van der Waals surface area contributed by atoms with E-state index in [1.165, 1.54) is 0 Å². The number of carbonyl (C=O) groups is 1. The third-order valence-corrected chi connectivity index (χ3v) is 6.38. The van der Waals surface area contributed by atoms with Crippen molar-refractivity contribution < 1.29 is 18.8 Å². The Morgan fingerprint density at radius 3 is 2.25 bits per heavy atom. The average Bonchev–Trinajstić information content (AvgIpc) is 2.72. The van der Waals surface area contributed by atoms with Gasteiger partial charge in [-0.3, -0.25) is 0 Å². The smallest absolute Gasteiger partial charge is 0.343 e. The summed E-state index contributed by atoms with van der Waals surface area (Å²) in [6, 6.07) is 20.1. The fourth-order valence-electron chi connectivity index (χ4n) is 3.20. The first-order valence-corrected chi connectivity index (χ1v) is 11.6. The van der Waals surface area contributed by atoms with Crippen LogP contribution in [0.25, 0.3) is 0 Å². The van der Waals surface area contributed by atoms with E-state index >= 15 is 0 Å². The second kappa shape index (κ2) is 12.0. The van der Waals surface area contributed by atoms with E-state index in [4.69, 9.17) is 9.47 Å². The molecule has 2 rings (SSSR count). The van der Waals surface area contributed by atoms with E-state index in [1.54, 1.807) is 18.7 Å². The van der Waals surface area contributed by atoms with Gasteiger partial charge in [-0.1, -0.05) is 53.1 Å². The van der Waals surface area contributed by atoms with Crippen LogP contribution >= 0.6 is 20.2 Å². The second-order valence-electron chi connectivity index (χ2n) is 6.37. The number of carbonyl (C=O) groups excluding carboxylic acids is 1. The van der Waals surface area contributed by atoms with Gasteiger partial charge in [0.2, 0.25) is 5.60 Å². The van der Waals surface area contributed by atoms with Crippen LogP contribution in [0.1, 0.15) is 19.4 Å². The van der Waals surface area contributed by atoms with Gasteiger partial charge in [-0.25, -0.2) is 4.79 Å². The zero-order valence-corrected chi connectivity index (χ0v) is 18.2. The Labute approximate surface area is 173 Å². The molecule has 0 aliphatic heterocycles. The molecule has 0 bridgehead atoms. The lowest BCUT2D eigenvalue weighted by molar-refractivity contribution is -0.175. The number of hydrogen-bond donors (Lipinski definition) is 0. The highest BCUT2D eigenvalue weighted by molar-refractivity contribution is 7.99. The van der Waals surface area contributed by atoms with Gasteiger partial charge in [-0.2, -0.15) is 0 Å². The van der Waals surface area contributed by atoms with E-state index in [0.29, 0.717) is 18.8 Å². The average molecular weight is 420 g/mol. The molecule has 0 saturated carbocycles. The molecule has 3 atom stereocenters. The summed E-state index contributed by atoms with van der Waals surface area (Å²) in [6.45, 7) is 4.24. The maximum Gasteiger partial charge on any atom is 0.343 e. The van der Waals surface area contributed by atoms with Crippen molar-refractivity contribution in [3.05, 3.63) is 66.2 Å². The van der Waals surface area contributed by atoms with Gasteiger partial charge in [-0.15, -0.1) is 11.8 Å². The van der Waals surface area contributed by atoms with Gasteiger partial charge in [0, 0.05) is 23.2 Å². The van der Waals surface area contributed by atoms with Crippen LogP contribution in [0.3, 0.4) is 0 Å². The van der Waals surface area contributed by atoms with Crippen LogP contribution < -0.4 is 0 Å². The van der Waals surface area contributed by atoms with E-state index in [9.17, 15) is 9.36 Å². The molecule has 3 unspecified atom stereocenters. The van der Waals surface area contributed by atoms with Crippen LogP contribution in [0.15, 0.2) is 65.6 Å². The monoisotopic (exact) mass is 419 g/mol. The van der Waals surface area contributed by atoms with Crippen LogP contribution in [0.2, 0.25) is 0 Å². The van der Waals surface area contributed by atoms with Crippen LogP contribution in [0.5, 0.6) is 0 Å². The maximum absolute atomic E-state index is 13.0. The fraction of sp³-hybridized carbons (Fsp3) is 0.409. The van der Waals surface area contributed by atoms with Crippen molar-refractivity contribution in [1.82, 2.24) is 0 Å². The number of benzene rings is 2. The van der Waals surface area contributed by atoms with Crippen molar-refractivity contribution in [2.24, 2.45) is 5.92 Å². The van der Waals surface area contributed by atoms with E-state index in [1.807, 2.05) is 67.6 Å². The van der Waals surface area contributed by atoms with E-state index in [0.717, 1.165) is 10.5 Å². The largest absolute Gasteiger partial charge is 0.464 e. The molecule has 0 aliphatic carbocycles. The Balaban J connectivity index is 2.37. The summed E-state index contributed by atoms with van der Waals surface area (Å²) in [7, 11) is -0.644. The van der Waals surface area contributed by atoms with Crippen LogP contribution in [-0.2, 0) is 25.3 Å². The molecule has 0 aromatic heterocycles. The lowest BCUT2D eigenvalue weighted by Crippen LogP contribution is -2.53. The minimum Gasteiger partial charge on any atom is -0.464 e. The molecule has 0 aliphatic rings. The standard InChI is InChI=1S/C22H27O4PS/c1-3-25-21(23)22(17-27-24,26-4-2)19(15-18-11-7-5-8-12-18)16-28-20-13-9-6-10-14-20/h5-14,19H,3-4,15-17H2,1-2H3/p+1. The molecule has 0 spiro atoms. The lowest BCUT2D eigenvalue weighted by Gasteiger charge is -2.35. The molecule has 28 heavy (non-hydrogen) atoms. The third kappa shape index (κ3) is 6.16. The molecular formula is C22H28O4PS+. The molecule has 0 amide bonds. The summed E-state index contributed by atoms with van der Waals surface area (Å²) < 4.78 is 23.1. The van der Waals surface area contributed by atoms with E-state index < -0.39 is 20.0 Å². The van der Waals surface area contributed by atoms with Crippen molar-refractivity contribution in [1.29, 1.82) is 0 Å². The minimum absolute atomic E-state index is 0.131. The SMILES string of the molecule is CCOC(=O)C(C[PH+]=O)(OCC)C(CSc1ccccc1)Cc1ccccc1.